The van der Waals surface area contributed by atoms with Gasteiger partial charge in [0.2, 0.25) is 0 Å². The zero-order chi connectivity index (χ0) is 30.0. The summed E-state index contributed by atoms with van der Waals surface area (Å²) in [6.07, 6.45) is 4.61. The molecule has 0 radical (unpaired) electrons. The number of methoxy groups -OCH3 is 4. The number of likely N-dealkylation sites (N-methyl/N-ethyl adjacent to an activating group) is 1. The van der Waals surface area contributed by atoms with E-state index in [2.05, 4.69) is 41.0 Å². The summed E-state index contributed by atoms with van der Waals surface area (Å²) in [5, 5.41) is 0. The summed E-state index contributed by atoms with van der Waals surface area (Å²) >= 11 is 0. The average Bonchev–Trinajstić information content (AvgIpc) is 3.21. The molecular formula is C33H48N4O5. The third-order valence-corrected chi connectivity index (χ3v) is 9.90. The van der Waals surface area contributed by atoms with Crippen molar-refractivity contribution >= 4 is 6.03 Å². The van der Waals surface area contributed by atoms with Gasteiger partial charge in [0.25, 0.3) is 0 Å². The first kappa shape index (κ1) is 30.3. The topological polar surface area (TPSA) is 89.7 Å². The van der Waals surface area contributed by atoms with E-state index in [0.29, 0.717) is 31.5 Å². The van der Waals surface area contributed by atoms with Crippen LogP contribution in [-0.4, -0.2) is 95.0 Å². The van der Waals surface area contributed by atoms with E-state index in [1.807, 2.05) is 7.05 Å². The highest BCUT2D eigenvalue weighted by Gasteiger charge is 2.45. The second-order valence-electron chi connectivity index (χ2n) is 11.9. The van der Waals surface area contributed by atoms with Gasteiger partial charge < -0.3 is 34.5 Å². The van der Waals surface area contributed by atoms with E-state index < -0.39 is 0 Å². The molecule has 4 atom stereocenters. The summed E-state index contributed by atoms with van der Waals surface area (Å²) in [4.78, 5) is 20.6. The van der Waals surface area contributed by atoms with Crippen molar-refractivity contribution in [3.05, 3.63) is 46.5 Å². The van der Waals surface area contributed by atoms with E-state index in [-0.39, 0.29) is 18.1 Å². The molecule has 2 N–H and O–H groups in total. The molecule has 5 rings (SSSR count). The van der Waals surface area contributed by atoms with Crippen LogP contribution in [0.4, 0.5) is 4.79 Å². The molecule has 9 heteroatoms. The van der Waals surface area contributed by atoms with E-state index >= 15 is 0 Å². The number of amides is 2. The molecule has 3 aliphatic heterocycles. The standard InChI is InChI=1S/C33H48N4O5/c1-7-21-20-36-11-8-23-16-30(40-4)32(42-6)19-26(23)27(36)18-25(21)28-14-24-17-31(41-5)29(39-3)15-22(24)9-12-37(28)33(38)35(2)13-10-34/h15-17,19,21,25,27-28H,7-14,18,20,34H2,1-6H3. The number of carbonyl (C=O) groups excluding carboxylic acids is 1. The molecule has 3 aliphatic rings. The summed E-state index contributed by atoms with van der Waals surface area (Å²) in [6.45, 7) is 5.98. The van der Waals surface area contributed by atoms with Gasteiger partial charge in [-0.15, -0.1) is 0 Å². The smallest absolute Gasteiger partial charge is 0.320 e. The van der Waals surface area contributed by atoms with Crippen LogP contribution >= 0.6 is 0 Å². The molecule has 2 aromatic rings. The number of ether oxygens (including phenoxy) is 4. The van der Waals surface area contributed by atoms with E-state index in [4.69, 9.17) is 24.7 Å². The third-order valence-electron chi connectivity index (χ3n) is 9.90. The summed E-state index contributed by atoms with van der Waals surface area (Å²) < 4.78 is 22.7. The number of hydrogen-bond acceptors (Lipinski definition) is 7. The Balaban J connectivity index is 1.56. The SMILES string of the molecule is CCC1CN2CCc3cc(OC)c(OC)cc3C2CC1C1Cc2cc(OC)c(OC)cc2CCN1C(=O)N(C)CCN. The maximum absolute atomic E-state index is 14.0. The van der Waals surface area contributed by atoms with Crippen molar-refractivity contribution in [3.63, 3.8) is 0 Å². The highest BCUT2D eigenvalue weighted by molar-refractivity contribution is 5.75. The predicted molar refractivity (Wildman–Crippen MR) is 164 cm³/mol. The van der Waals surface area contributed by atoms with Crippen LogP contribution in [0.3, 0.4) is 0 Å². The molecule has 4 unspecified atom stereocenters. The van der Waals surface area contributed by atoms with Crippen LogP contribution in [0.1, 0.15) is 48.1 Å². The Hall–Kier alpha value is -3.17. The molecule has 0 bridgehead atoms. The van der Waals surface area contributed by atoms with Crippen LogP contribution in [0.5, 0.6) is 23.0 Å². The molecule has 0 aromatic heterocycles. The van der Waals surface area contributed by atoms with E-state index in [1.165, 1.54) is 22.3 Å². The molecule has 1 fully saturated rings. The van der Waals surface area contributed by atoms with Crippen molar-refractivity contribution in [2.45, 2.75) is 51.1 Å². The zero-order valence-electron chi connectivity index (χ0n) is 26.2. The van der Waals surface area contributed by atoms with E-state index in [1.54, 1.807) is 33.3 Å². The Morgan fingerprint density at radius 3 is 2.12 bits per heavy atom. The fourth-order valence-electron chi connectivity index (χ4n) is 7.62. The summed E-state index contributed by atoms with van der Waals surface area (Å²) in [7, 11) is 8.63. The Morgan fingerprint density at radius 1 is 0.905 bits per heavy atom. The molecule has 0 spiro atoms. The molecule has 2 amide bonds. The van der Waals surface area contributed by atoms with Crippen molar-refractivity contribution in [2.75, 3.05) is 68.2 Å². The van der Waals surface area contributed by atoms with Crippen molar-refractivity contribution in [2.24, 2.45) is 17.6 Å². The van der Waals surface area contributed by atoms with Gasteiger partial charge in [-0.2, -0.15) is 0 Å². The normalized spacial score (nSPS) is 23.6. The number of fused-ring (bicyclic) bond motifs is 4. The molecule has 2 aromatic carbocycles. The zero-order valence-corrected chi connectivity index (χ0v) is 26.2. The minimum atomic E-state index is 0.0506. The van der Waals surface area contributed by atoms with Crippen molar-refractivity contribution in [3.8, 4) is 23.0 Å². The number of benzene rings is 2. The van der Waals surface area contributed by atoms with Crippen molar-refractivity contribution in [1.82, 2.24) is 14.7 Å². The van der Waals surface area contributed by atoms with Crippen LogP contribution in [0.25, 0.3) is 0 Å². The van der Waals surface area contributed by atoms with Gasteiger partial charge in [-0.1, -0.05) is 13.3 Å². The first-order valence-corrected chi connectivity index (χ1v) is 15.3. The summed E-state index contributed by atoms with van der Waals surface area (Å²) in [5.74, 6) is 3.83. The lowest BCUT2D eigenvalue weighted by atomic mass is 9.71. The molecule has 42 heavy (non-hydrogen) atoms. The number of rotatable bonds is 8. The monoisotopic (exact) mass is 580 g/mol. The number of piperidine rings is 1. The maximum atomic E-state index is 14.0. The van der Waals surface area contributed by atoms with Gasteiger partial charge in [0.1, 0.15) is 0 Å². The number of hydrogen-bond donors (Lipinski definition) is 1. The minimum absolute atomic E-state index is 0.0506. The molecule has 1 saturated heterocycles. The van der Waals surface area contributed by atoms with Crippen LogP contribution in [0.15, 0.2) is 24.3 Å². The lowest BCUT2D eigenvalue weighted by molar-refractivity contribution is 0.0101. The number of carbonyl (C=O) groups is 1. The largest absolute Gasteiger partial charge is 0.493 e. The molecule has 9 nitrogen and oxygen atoms in total. The second kappa shape index (κ2) is 13.0. The molecule has 0 aliphatic carbocycles. The van der Waals surface area contributed by atoms with Crippen molar-refractivity contribution in [1.29, 1.82) is 0 Å². The number of nitrogens with two attached hydrogens (primary N) is 1. The Bertz CT molecular complexity index is 1270. The molecular weight excluding hydrogens is 532 g/mol. The fraction of sp³-hybridized carbons (Fsp3) is 0.606. The van der Waals surface area contributed by atoms with Crippen LogP contribution in [0.2, 0.25) is 0 Å². The van der Waals surface area contributed by atoms with Crippen LogP contribution < -0.4 is 24.7 Å². The van der Waals surface area contributed by atoms with Crippen LogP contribution in [0, 0.1) is 11.8 Å². The fourth-order valence-corrected chi connectivity index (χ4v) is 7.62. The maximum Gasteiger partial charge on any atom is 0.320 e. The Kier molecular flexibility index (Phi) is 9.38. The highest BCUT2D eigenvalue weighted by Crippen LogP contribution is 2.47. The van der Waals surface area contributed by atoms with Gasteiger partial charge in [0.05, 0.1) is 28.4 Å². The highest BCUT2D eigenvalue weighted by atomic mass is 16.5. The van der Waals surface area contributed by atoms with E-state index in [9.17, 15) is 4.79 Å². The van der Waals surface area contributed by atoms with Gasteiger partial charge >= 0.3 is 6.03 Å². The Morgan fingerprint density at radius 2 is 1.50 bits per heavy atom. The van der Waals surface area contributed by atoms with Crippen LogP contribution in [-0.2, 0) is 19.3 Å². The molecule has 3 heterocycles. The van der Waals surface area contributed by atoms with Gasteiger partial charge in [0.15, 0.2) is 23.0 Å². The third kappa shape index (κ3) is 5.61. The molecule has 230 valence electrons. The second-order valence-corrected chi connectivity index (χ2v) is 11.9. The van der Waals surface area contributed by atoms with E-state index in [0.717, 1.165) is 68.2 Å². The predicted octanol–water partition coefficient (Wildman–Crippen LogP) is 4.15. The van der Waals surface area contributed by atoms with Gasteiger partial charge in [-0.25, -0.2) is 4.79 Å². The quantitative estimate of drug-likeness (QED) is 0.502. The van der Waals surface area contributed by atoms with Gasteiger partial charge in [-0.05, 0) is 84.0 Å². The Labute approximate surface area is 250 Å². The first-order chi connectivity index (χ1) is 20.4. The molecule has 0 saturated carbocycles. The lowest BCUT2D eigenvalue weighted by Crippen LogP contribution is -2.56. The lowest BCUT2D eigenvalue weighted by Gasteiger charge is -2.51. The number of nitrogens with zero attached hydrogens (tertiary/aromatic N) is 3. The number of urea groups is 1. The average molecular weight is 581 g/mol. The first-order valence-electron chi connectivity index (χ1n) is 15.3. The summed E-state index contributed by atoms with van der Waals surface area (Å²) in [6, 6.07) is 8.95. The minimum Gasteiger partial charge on any atom is -0.493 e. The summed E-state index contributed by atoms with van der Waals surface area (Å²) in [5.41, 5.74) is 11.0. The van der Waals surface area contributed by atoms with Crippen molar-refractivity contribution < 1.29 is 23.7 Å². The van der Waals surface area contributed by atoms with Gasteiger partial charge in [-0.3, -0.25) is 4.90 Å². The van der Waals surface area contributed by atoms with Gasteiger partial charge in [0, 0.05) is 51.9 Å².